The first-order valence-electron chi connectivity index (χ1n) is 15.9. The van der Waals surface area contributed by atoms with Gasteiger partial charge in [-0.2, -0.15) is 9.97 Å². The molecule has 4 aromatic rings. The fourth-order valence-electron chi connectivity index (χ4n) is 8.30. The van der Waals surface area contributed by atoms with Crippen LogP contribution in [0.1, 0.15) is 62.1 Å². The monoisotopic (exact) mass is 645 g/mol. The first-order chi connectivity index (χ1) is 22.7. The van der Waals surface area contributed by atoms with E-state index in [1.807, 2.05) is 0 Å². The summed E-state index contributed by atoms with van der Waals surface area (Å²) in [5.41, 5.74) is 0.316. The smallest absolute Gasteiger partial charge is 0.317 e. The van der Waals surface area contributed by atoms with Crippen LogP contribution in [0.2, 0.25) is 0 Å². The van der Waals surface area contributed by atoms with Crippen LogP contribution in [0.5, 0.6) is 11.8 Å². The van der Waals surface area contributed by atoms with Gasteiger partial charge in [-0.1, -0.05) is 12.0 Å². The summed E-state index contributed by atoms with van der Waals surface area (Å²) in [7, 11) is 0. The Labute approximate surface area is 269 Å². The second-order valence-electron chi connectivity index (χ2n) is 13.0. The van der Waals surface area contributed by atoms with Crippen LogP contribution in [-0.4, -0.2) is 80.0 Å². The molecule has 6 heterocycles. The van der Waals surface area contributed by atoms with Gasteiger partial charge in [0.25, 0.3) is 6.47 Å². The Morgan fingerprint density at radius 3 is 2.70 bits per heavy atom. The van der Waals surface area contributed by atoms with Crippen molar-refractivity contribution in [3.8, 4) is 35.4 Å². The summed E-state index contributed by atoms with van der Waals surface area (Å²) in [5, 5.41) is 22.3. The maximum Gasteiger partial charge on any atom is 0.317 e. The zero-order chi connectivity index (χ0) is 32.9. The van der Waals surface area contributed by atoms with E-state index >= 15 is 4.39 Å². The molecule has 12 heteroatoms. The number of pyridine rings is 1. The van der Waals surface area contributed by atoms with E-state index in [0.29, 0.717) is 41.5 Å². The summed E-state index contributed by atoms with van der Waals surface area (Å²) in [6.45, 7) is 1.19. The van der Waals surface area contributed by atoms with Crippen molar-refractivity contribution in [2.45, 2.75) is 74.7 Å². The molecule has 0 aliphatic carbocycles. The molecule has 3 N–H and O–H groups in total. The van der Waals surface area contributed by atoms with E-state index in [0.717, 1.165) is 45.1 Å². The highest BCUT2D eigenvalue weighted by atomic mass is 19.1. The third-order valence-corrected chi connectivity index (χ3v) is 10.2. The van der Waals surface area contributed by atoms with Gasteiger partial charge in [-0.15, -0.1) is 6.42 Å². The van der Waals surface area contributed by atoms with Crippen LogP contribution in [0.4, 0.5) is 13.2 Å². The first kappa shape index (κ1) is 31.1. The number of aromatic nitrogens is 3. The number of halogens is 3. The maximum absolute atomic E-state index is 16.7. The number of alkyl halides is 1. The van der Waals surface area contributed by atoms with Crippen molar-refractivity contribution in [1.29, 1.82) is 0 Å². The molecular weight excluding hydrogens is 611 g/mol. The number of carboxylic acid groups (broad SMARTS) is 1. The molecule has 8 rings (SSSR count). The van der Waals surface area contributed by atoms with Crippen LogP contribution in [-0.2, 0) is 4.79 Å². The average Bonchev–Trinajstić information content (AvgIpc) is 3.70. The number of piperidine rings is 1. The Hall–Kier alpha value is -4.47. The van der Waals surface area contributed by atoms with Crippen LogP contribution >= 0.6 is 0 Å². The topological polar surface area (TPSA) is 121 Å². The molecular formula is C35H34F3N5O4. The molecule has 4 aliphatic heterocycles. The molecule has 4 fully saturated rings. The number of carbonyl (C=O) groups is 1. The van der Waals surface area contributed by atoms with Gasteiger partial charge in [0.15, 0.2) is 5.82 Å². The number of fused-ring (bicyclic) bond motifs is 5. The summed E-state index contributed by atoms with van der Waals surface area (Å²) in [6, 6.07) is 6.29. The van der Waals surface area contributed by atoms with Crippen molar-refractivity contribution in [2.24, 2.45) is 0 Å². The van der Waals surface area contributed by atoms with Gasteiger partial charge in [0.2, 0.25) is 0 Å². The van der Waals surface area contributed by atoms with Crippen LogP contribution < -0.4 is 10.1 Å². The van der Waals surface area contributed by atoms with Crippen molar-refractivity contribution in [3.05, 3.63) is 53.4 Å². The molecule has 4 aliphatic rings. The summed E-state index contributed by atoms with van der Waals surface area (Å²) in [4.78, 5) is 24.5. The van der Waals surface area contributed by atoms with Gasteiger partial charge in [0, 0.05) is 53.5 Å². The number of terminal acetylenes is 1. The van der Waals surface area contributed by atoms with Crippen molar-refractivity contribution in [2.75, 3.05) is 19.7 Å². The normalized spacial score (nSPS) is 26.5. The zero-order valence-electron chi connectivity index (χ0n) is 25.6. The van der Waals surface area contributed by atoms with Gasteiger partial charge < -0.3 is 20.3 Å². The van der Waals surface area contributed by atoms with E-state index in [1.165, 1.54) is 24.3 Å². The first-order valence-corrected chi connectivity index (χ1v) is 15.9. The number of aromatic hydroxyl groups is 1. The second-order valence-corrected chi connectivity index (χ2v) is 13.0. The number of hydrogen-bond acceptors (Lipinski definition) is 8. The third kappa shape index (κ3) is 5.51. The molecule has 2 aromatic carbocycles. The fourth-order valence-corrected chi connectivity index (χ4v) is 8.30. The number of nitrogens with zero attached hydrogens (tertiary/aromatic N) is 4. The summed E-state index contributed by atoms with van der Waals surface area (Å²) >= 11 is 0. The fraction of sp³-hybridized carbons (Fsp3) is 0.429. The highest BCUT2D eigenvalue weighted by Crippen LogP contribution is 2.43. The molecule has 47 heavy (non-hydrogen) atoms. The Kier molecular flexibility index (Phi) is 8.14. The highest BCUT2D eigenvalue weighted by Gasteiger charge is 2.49. The van der Waals surface area contributed by atoms with Gasteiger partial charge >= 0.3 is 6.01 Å². The van der Waals surface area contributed by atoms with Gasteiger partial charge in [-0.05, 0) is 68.7 Å². The number of hydrogen-bond donors (Lipinski definition) is 3. The summed E-state index contributed by atoms with van der Waals surface area (Å²) < 4.78 is 52.2. The van der Waals surface area contributed by atoms with E-state index in [-0.39, 0.29) is 58.5 Å². The van der Waals surface area contributed by atoms with Crippen LogP contribution in [0.15, 0.2) is 30.5 Å². The number of ether oxygens (including phenoxy) is 1. The predicted octanol–water partition coefficient (Wildman–Crippen LogP) is 5.46. The number of phenolic OH excluding ortho intramolecular Hbond substituents is 1. The minimum Gasteiger partial charge on any atom is -0.508 e. The summed E-state index contributed by atoms with van der Waals surface area (Å²) in [5.74, 6) is 0.929. The maximum atomic E-state index is 16.7. The van der Waals surface area contributed by atoms with Gasteiger partial charge in [0.1, 0.15) is 35.6 Å². The molecule has 0 saturated carbocycles. The number of nitrogens with one attached hydrogen (secondary N) is 1. The number of benzene rings is 2. The highest BCUT2D eigenvalue weighted by molar-refractivity contribution is 6.02. The minimum atomic E-state index is -0.905. The average molecular weight is 646 g/mol. The van der Waals surface area contributed by atoms with Gasteiger partial charge in [-0.25, -0.2) is 13.2 Å². The second kappa shape index (κ2) is 12.3. The van der Waals surface area contributed by atoms with E-state index in [4.69, 9.17) is 26.0 Å². The Morgan fingerprint density at radius 2 is 1.96 bits per heavy atom. The number of rotatable bonds is 5. The van der Waals surface area contributed by atoms with Crippen molar-refractivity contribution >= 4 is 28.1 Å². The largest absolute Gasteiger partial charge is 0.508 e. The lowest BCUT2D eigenvalue weighted by Crippen LogP contribution is -2.43. The Balaban J connectivity index is 0.00000113. The van der Waals surface area contributed by atoms with Gasteiger partial charge in [0.05, 0.1) is 16.8 Å². The predicted molar refractivity (Wildman–Crippen MR) is 169 cm³/mol. The molecule has 0 amide bonds. The quantitative estimate of drug-likeness (QED) is 0.192. The lowest BCUT2D eigenvalue weighted by molar-refractivity contribution is -0.122. The molecule has 244 valence electrons. The molecule has 5 atom stereocenters. The zero-order valence-corrected chi connectivity index (χ0v) is 25.6. The Bertz CT molecular complexity index is 1910. The lowest BCUT2D eigenvalue weighted by atomic mass is 9.88. The standard InChI is InChI=1S/C34H32F3N5O2.CH2O2/c1-2-24-27(36)7-4-18-12-23(43)13-25(28(18)24)31-29(37)32-26(15-38-31)30(19-10-21-5-6-22(11-19)39-21)40-33(41-32)44-17-34-8-3-9-42(34)16-20(35)14-34;2-1-3/h1,4,7,12-13,15,19-22,39,43H,3,5-6,8-11,14,16-17H2;1H,(H,2,3)/t19?,20-,21-,22+,34+;/m1./s1. The third-order valence-electron chi connectivity index (χ3n) is 10.2. The number of phenols is 1. The molecule has 2 aromatic heterocycles. The minimum absolute atomic E-state index is 0.0339. The van der Waals surface area contributed by atoms with E-state index in [1.54, 1.807) is 6.20 Å². The molecule has 0 spiro atoms. The molecule has 9 nitrogen and oxygen atoms in total. The van der Waals surface area contributed by atoms with Crippen molar-refractivity contribution in [3.63, 3.8) is 0 Å². The van der Waals surface area contributed by atoms with Crippen LogP contribution in [0.3, 0.4) is 0 Å². The summed E-state index contributed by atoms with van der Waals surface area (Å²) in [6.07, 6.45) is 12.4. The van der Waals surface area contributed by atoms with Crippen molar-refractivity contribution in [1.82, 2.24) is 25.2 Å². The lowest BCUT2D eigenvalue weighted by Gasteiger charge is -2.31. The van der Waals surface area contributed by atoms with E-state index < -0.39 is 23.3 Å². The Morgan fingerprint density at radius 1 is 1.19 bits per heavy atom. The van der Waals surface area contributed by atoms with Crippen LogP contribution in [0.25, 0.3) is 32.9 Å². The SMILES string of the molecule is C#Cc1c(F)ccc2cc(O)cc(-c3ncc4c(C5C[C@H]6CC[C@@H](C5)N6)nc(OC[C@@]56CCCN5C[C@H](F)C6)nc4c3F)c12.O=CO. The van der Waals surface area contributed by atoms with E-state index in [2.05, 4.69) is 26.1 Å². The molecule has 0 radical (unpaired) electrons. The van der Waals surface area contributed by atoms with Gasteiger partial charge in [-0.3, -0.25) is 14.7 Å². The van der Waals surface area contributed by atoms with Crippen LogP contribution in [0, 0.1) is 24.0 Å². The van der Waals surface area contributed by atoms with E-state index in [9.17, 15) is 13.9 Å². The molecule has 1 unspecified atom stereocenters. The van der Waals surface area contributed by atoms with Crippen molar-refractivity contribution < 1.29 is 32.9 Å². The molecule has 2 bridgehead atoms. The molecule has 4 saturated heterocycles.